The first kappa shape index (κ1) is 12.4. The molecule has 2 atom stereocenters. The molecular formula is C12H19N3OS. The summed E-state index contributed by atoms with van der Waals surface area (Å²) in [6, 6.07) is 0. The van der Waals surface area contributed by atoms with Gasteiger partial charge in [-0.1, -0.05) is 19.8 Å². The van der Waals surface area contributed by atoms with Gasteiger partial charge in [-0.3, -0.25) is 4.79 Å². The van der Waals surface area contributed by atoms with Crippen LogP contribution in [-0.2, 0) is 11.2 Å². The number of hydrogen-bond acceptors (Lipinski definition) is 4. The summed E-state index contributed by atoms with van der Waals surface area (Å²) in [5.74, 6) is 1.44. The van der Waals surface area contributed by atoms with Crippen molar-refractivity contribution in [3.05, 3.63) is 11.1 Å². The Labute approximate surface area is 106 Å². The fraction of sp³-hybridized carbons (Fsp3) is 0.667. The Morgan fingerprint density at radius 2 is 2.47 bits per heavy atom. The van der Waals surface area contributed by atoms with E-state index in [0.29, 0.717) is 17.5 Å². The van der Waals surface area contributed by atoms with E-state index in [9.17, 15) is 4.79 Å². The van der Waals surface area contributed by atoms with Crippen LogP contribution < -0.4 is 11.1 Å². The first-order valence-electron chi connectivity index (χ1n) is 6.11. The molecule has 0 aliphatic heterocycles. The van der Waals surface area contributed by atoms with Crippen molar-refractivity contribution in [2.75, 3.05) is 12.3 Å². The minimum absolute atomic E-state index is 0.0504. The number of nitrogens with one attached hydrogen (secondary N) is 1. The van der Waals surface area contributed by atoms with Crippen LogP contribution in [0, 0.1) is 11.8 Å². The second kappa shape index (κ2) is 5.49. The highest BCUT2D eigenvalue weighted by atomic mass is 32.1. The van der Waals surface area contributed by atoms with Crippen LogP contribution in [0.3, 0.4) is 0 Å². The molecule has 1 fully saturated rings. The normalized spacial score (nSPS) is 23.8. The number of hydrogen-bond donors (Lipinski definition) is 2. The highest BCUT2D eigenvalue weighted by Gasteiger charge is 2.23. The lowest BCUT2D eigenvalue weighted by molar-refractivity contribution is -0.120. The van der Waals surface area contributed by atoms with Gasteiger partial charge in [-0.15, -0.1) is 11.3 Å². The second-order valence-corrected chi connectivity index (χ2v) is 5.72. The third-order valence-electron chi connectivity index (χ3n) is 3.51. The van der Waals surface area contributed by atoms with Crippen LogP contribution >= 0.6 is 11.3 Å². The lowest BCUT2D eigenvalue weighted by Crippen LogP contribution is -2.31. The summed E-state index contributed by atoms with van der Waals surface area (Å²) in [5, 5.41) is 5.36. The van der Waals surface area contributed by atoms with Gasteiger partial charge in [0.15, 0.2) is 5.13 Å². The average molecular weight is 253 g/mol. The average Bonchev–Trinajstić information content (AvgIpc) is 2.85. The van der Waals surface area contributed by atoms with E-state index in [1.54, 1.807) is 0 Å². The largest absolute Gasteiger partial charge is 0.375 e. The fourth-order valence-electron chi connectivity index (χ4n) is 2.40. The zero-order valence-electron chi connectivity index (χ0n) is 10.1. The van der Waals surface area contributed by atoms with Crippen molar-refractivity contribution < 1.29 is 4.79 Å². The molecule has 0 aromatic carbocycles. The third-order valence-corrected chi connectivity index (χ3v) is 4.23. The van der Waals surface area contributed by atoms with Gasteiger partial charge in [0.05, 0.1) is 12.1 Å². The lowest BCUT2D eigenvalue weighted by Gasteiger charge is -2.15. The maximum Gasteiger partial charge on any atom is 0.226 e. The molecule has 1 aromatic rings. The number of nitrogens with two attached hydrogens (primary N) is 1. The topological polar surface area (TPSA) is 68.0 Å². The van der Waals surface area contributed by atoms with Gasteiger partial charge in [0.1, 0.15) is 0 Å². The third kappa shape index (κ3) is 3.43. The van der Waals surface area contributed by atoms with Crippen LogP contribution in [0.4, 0.5) is 5.13 Å². The molecule has 1 aromatic heterocycles. The highest BCUT2D eigenvalue weighted by Crippen LogP contribution is 2.30. The van der Waals surface area contributed by atoms with Gasteiger partial charge in [-0.25, -0.2) is 4.98 Å². The van der Waals surface area contributed by atoms with E-state index >= 15 is 0 Å². The van der Waals surface area contributed by atoms with Crippen LogP contribution in [-0.4, -0.2) is 17.4 Å². The van der Waals surface area contributed by atoms with E-state index < -0.39 is 0 Å². The molecule has 0 spiro atoms. The van der Waals surface area contributed by atoms with Crippen LogP contribution in [0.25, 0.3) is 0 Å². The van der Waals surface area contributed by atoms with E-state index in [-0.39, 0.29) is 5.91 Å². The van der Waals surface area contributed by atoms with Crippen LogP contribution in [0.5, 0.6) is 0 Å². The van der Waals surface area contributed by atoms with E-state index in [0.717, 1.165) is 18.2 Å². The SMILES string of the molecule is CC1CCCC1CNC(=O)Cc1csc(N)n1. The Kier molecular flexibility index (Phi) is 3.99. The number of nitrogen functional groups attached to an aromatic ring is 1. The van der Waals surface area contributed by atoms with Crippen molar-refractivity contribution >= 4 is 22.4 Å². The molecule has 1 amide bonds. The van der Waals surface area contributed by atoms with Gasteiger partial charge in [-0.05, 0) is 18.3 Å². The summed E-state index contributed by atoms with van der Waals surface area (Å²) in [6.45, 7) is 3.07. The quantitative estimate of drug-likeness (QED) is 0.860. The summed E-state index contributed by atoms with van der Waals surface area (Å²) in [7, 11) is 0. The van der Waals surface area contributed by atoms with Gasteiger partial charge >= 0.3 is 0 Å². The van der Waals surface area contributed by atoms with Crippen molar-refractivity contribution in [3.8, 4) is 0 Å². The summed E-state index contributed by atoms with van der Waals surface area (Å²) < 4.78 is 0. The number of anilines is 1. The summed E-state index contributed by atoms with van der Waals surface area (Å²) in [6.07, 6.45) is 4.17. The zero-order chi connectivity index (χ0) is 12.3. The molecule has 94 valence electrons. The Morgan fingerprint density at radius 3 is 3.06 bits per heavy atom. The van der Waals surface area contributed by atoms with Crippen molar-refractivity contribution in [3.63, 3.8) is 0 Å². The molecule has 1 aliphatic carbocycles. The highest BCUT2D eigenvalue weighted by molar-refractivity contribution is 7.13. The summed E-state index contributed by atoms with van der Waals surface area (Å²) in [5.41, 5.74) is 6.29. The molecule has 1 saturated carbocycles. The Balaban J connectivity index is 1.74. The van der Waals surface area contributed by atoms with Crippen LogP contribution in [0.15, 0.2) is 5.38 Å². The molecule has 5 heteroatoms. The number of thiazole rings is 1. The number of carbonyl (C=O) groups is 1. The van der Waals surface area contributed by atoms with Gasteiger partial charge in [0, 0.05) is 11.9 Å². The van der Waals surface area contributed by atoms with Crippen LogP contribution in [0.2, 0.25) is 0 Å². The summed E-state index contributed by atoms with van der Waals surface area (Å²) in [4.78, 5) is 15.8. The fourth-order valence-corrected chi connectivity index (χ4v) is 2.96. The molecule has 0 radical (unpaired) electrons. The monoisotopic (exact) mass is 253 g/mol. The Hall–Kier alpha value is -1.10. The maximum absolute atomic E-state index is 11.7. The molecule has 0 saturated heterocycles. The number of rotatable bonds is 4. The molecule has 2 unspecified atom stereocenters. The van der Waals surface area contributed by atoms with E-state index in [1.165, 1.54) is 30.6 Å². The van der Waals surface area contributed by atoms with Crippen molar-refractivity contribution in [2.24, 2.45) is 11.8 Å². The van der Waals surface area contributed by atoms with E-state index in [2.05, 4.69) is 17.2 Å². The molecule has 17 heavy (non-hydrogen) atoms. The molecular weight excluding hydrogens is 234 g/mol. The van der Waals surface area contributed by atoms with Gasteiger partial charge < -0.3 is 11.1 Å². The van der Waals surface area contributed by atoms with Crippen molar-refractivity contribution in [1.82, 2.24) is 10.3 Å². The molecule has 1 heterocycles. The maximum atomic E-state index is 11.7. The lowest BCUT2D eigenvalue weighted by atomic mass is 9.98. The molecule has 1 aliphatic rings. The minimum atomic E-state index is 0.0504. The van der Waals surface area contributed by atoms with E-state index in [4.69, 9.17) is 5.73 Å². The Morgan fingerprint density at radius 1 is 1.65 bits per heavy atom. The number of aromatic nitrogens is 1. The minimum Gasteiger partial charge on any atom is -0.375 e. The number of amides is 1. The van der Waals surface area contributed by atoms with E-state index in [1.807, 2.05) is 5.38 Å². The first-order chi connectivity index (χ1) is 8.15. The van der Waals surface area contributed by atoms with Crippen LogP contribution in [0.1, 0.15) is 31.9 Å². The van der Waals surface area contributed by atoms with Crippen molar-refractivity contribution in [2.45, 2.75) is 32.6 Å². The zero-order valence-corrected chi connectivity index (χ0v) is 10.9. The van der Waals surface area contributed by atoms with Crippen molar-refractivity contribution in [1.29, 1.82) is 0 Å². The second-order valence-electron chi connectivity index (χ2n) is 4.83. The molecule has 4 nitrogen and oxygen atoms in total. The predicted molar refractivity (Wildman–Crippen MR) is 69.7 cm³/mol. The van der Waals surface area contributed by atoms with Gasteiger partial charge in [0.2, 0.25) is 5.91 Å². The standard InChI is InChI=1S/C12H19N3OS/c1-8-3-2-4-9(8)6-14-11(16)5-10-7-17-12(13)15-10/h7-9H,2-6H2,1H3,(H2,13,15)(H,14,16). The molecule has 3 N–H and O–H groups in total. The summed E-state index contributed by atoms with van der Waals surface area (Å²) >= 11 is 1.38. The Bertz CT molecular complexity index is 391. The molecule has 2 rings (SSSR count). The molecule has 0 bridgehead atoms. The predicted octanol–water partition coefficient (Wildman–Crippen LogP) is 1.82. The van der Waals surface area contributed by atoms with Gasteiger partial charge in [0.25, 0.3) is 0 Å². The first-order valence-corrected chi connectivity index (χ1v) is 6.99. The smallest absolute Gasteiger partial charge is 0.226 e. The van der Waals surface area contributed by atoms with Gasteiger partial charge in [-0.2, -0.15) is 0 Å². The number of nitrogens with zero attached hydrogens (tertiary/aromatic N) is 1. The number of carbonyl (C=O) groups excluding carboxylic acids is 1.